The van der Waals surface area contributed by atoms with Crippen LogP contribution in [0.5, 0.6) is 5.75 Å². The number of carboxylic acids is 1. The van der Waals surface area contributed by atoms with Crippen molar-refractivity contribution in [2.24, 2.45) is 23.1 Å². The number of phenols is 1. The maximum absolute atomic E-state index is 13.1. The van der Waals surface area contributed by atoms with Crippen LogP contribution in [0.4, 0.5) is 0 Å². The number of hydrogen-bond acceptors (Lipinski definition) is 8. The molecule has 1 aromatic carbocycles. The zero-order valence-electron chi connectivity index (χ0n) is 21.8. The predicted molar refractivity (Wildman–Crippen MR) is 139 cm³/mol. The number of carboxylic acid groups (broad SMARTS) is 1. The van der Waals surface area contributed by atoms with Gasteiger partial charge in [0.05, 0.1) is 12.5 Å². The average Bonchev–Trinajstić information content (AvgIpc) is 2.86. The minimum absolute atomic E-state index is 0.0123. The van der Waals surface area contributed by atoms with Gasteiger partial charge in [-0.1, -0.05) is 38.8 Å². The third-order valence-corrected chi connectivity index (χ3v) is 6.13. The molecule has 1 rings (SSSR count). The van der Waals surface area contributed by atoms with Crippen LogP contribution in [0.3, 0.4) is 0 Å². The zero-order chi connectivity index (χ0) is 28.8. The summed E-state index contributed by atoms with van der Waals surface area (Å²) in [4.78, 5) is 62.1. The Morgan fingerprint density at radius 1 is 0.921 bits per heavy atom. The molecule has 13 heteroatoms. The summed E-state index contributed by atoms with van der Waals surface area (Å²) in [6.45, 7) is 3.92. The number of aliphatic carboxylic acids is 1. The van der Waals surface area contributed by atoms with E-state index in [1.165, 1.54) is 24.3 Å². The molecule has 0 saturated carbocycles. The predicted octanol–water partition coefficient (Wildman–Crippen LogP) is -1.15. The molecule has 5 unspecified atom stereocenters. The molecular formula is C25H40N6O7. The second-order valence-corrected chi connectivity index (χ2v) is 9.26. The van der Waals surface area contributed by atoms with Gasteiger partial charge in [-0.2, -0.15) is 0 Å². The fourth-order valence-corrected chi connectivity index (χ4v) is 3.61. The summed E-state index contributed by atoms with van der Waals surface area (Å²) < 4.78 is 0. The van der Waals surface area contributed by atoms with Gasteiger partial charge in [-0.05, 0) is 43.0 Å². The summed E-state index contributed by atoms with van der Waals surface area (Å²) >= 11 is 0. The molecule has 1 aromatic rings. The van der Waals surface area contributed by atoms with Gasteiger partial charge in [0.1, 0.15) is 23.9 Å². The average molecular weight is 537 g/mol. The number of benzene rings is 1. The quantitative estimate of drug-likeness (QED) is 0.112. The Kier molecular flexibility index (Phi) is 13.8. The lowest BCUT2D eigenvalue weighted by Crippen LogP contribution is -2.59. The second-order valence-electron chi connectivity index (χ2n) is 9.26. The Morgan fingerprint density at radius 3 is 2.05 bits per heavy atom. The molecule has 5 atom stereocenters. The number of unbranched alkanes of at least 4 members (excludes halogenated alkanes) is 1. The summed E-state index contributed by atoms with van der Waals surface area (Å²) in [5, 5.41) is 26.5. The lowest BCUT2D eigenvalue weighted by atomic mass is 9.96. The molecule has 0 fully saturated rings. The molecule has 0 bridgehead atoms. The molecule has 212 valence electrons. The lowest BCUT2D eigenvalue weighted by molar-refractivity contribution is -0.142. The summed E-state index contributed by atoms with van der Waals surface area (Å²) in [6.07, 6.45) is 1.45. The van der Waals surface area contributed by atoms with Crippen molar-refractivity contribution < 1.29 is 34.2 Å². The zero-order valence-corrected chi connectivity index (χ0v) is 21.8. The van der Waals surface area contributed by atoms with E-state index in [0.717, 1.165) is 0 Å². The van der Waals surface area contributed by atoms with Crippen molar-refractivity contribution in [3.05, 3.63) is 29.8 Å². The molecule has 0 spiro atoms. The van der Waals surface area contributed by atoms with Crippen LogP contribution >= 0.6 is 0 Å². The van der Waals surface area contributed by atoms with E-state index in [0.29, 0.717) is 37.8 Å². The minimum Gasteiger partial charge on any atom is -0.508 e. The molecule has 13 nitrogen and oxygen atoms in total. The van der Waals surface area contributed by atoms with Crippen LogP contribution in [0.1, 0.15) is 51.5 Å². The van der Waals surface area contributed by atoms with Gasteiger partial charge in [0, 0.05) is 6.42 Å². The number of rotatable bonds is 17. The fraction of sp³-hybridized carbons (Fsp3) is 0.560. The highest BCUT2D eigenvalue weighted by Gasteiger charge is 2.33. The van der Waals surface area contributed by atoms with Crippen molar-refractivity contribution in [2.45, 2.75) is 76.5 Å². The van der Waals surface area contributed by atoms with E-state index in [-0.39, 0.29) is 12.2 Å². The Hall–Kier alpha value is -3.71. The van der Waals surface area contributed by atoms with Crippen molar-refractivity contribution >= 4 is 29.6 Å². The van der Waals surface area contributed by atoms with Gasteiger partial charge in [-0.25, -0.2) is 4.79 Å². The summed E-state index contributed by atoms with van der Waals surface area (Å²) in [6, 6.07) is 1.06. The van der Waals surface area contributed by atoms with E-state index in [1.807, 2.05) is 0 Å². The van der Waals surface area contributed by atoms with Crippen LogP contribution in [0.15, 0.2) is 24.3 Å². The highest BCUT2D eigenvalue weighted by atomic mass is 16.4. The van der Waals surface area contributed by atoms with Gasteiger partial charge in [-0.15, -0.1) is 0 Å². The SMILES string of the molecule is CCC(C)C(NC(=O)C(CC(N)=O)NC(=O)C(N)CCCCN)C(=O)NC(Cc1ccc(O)cc1)C(=O)O. The third kappa shape index (κ3) is 11.1. The van der Waals surface area contributed by atoms with Crippen molar-refractivity contribution in [1.82, 2.24) is 16.0 Å². The maximum Gasteiger partial charge on any atom is 0.326 e. The number of hydrogen-bond donors (Lipinski definition) is 8. The Bertz CT molecular complexity index is 956. The van der Waals surface area contributed by atoms with Crippen LogP contribution in [-0.2, 0) is 30.4 Å². The molecule has 4 amide bonds. The van der Waals surface area contributed by atoms with E-state index < -0.39 is 66.1 Å². The summed E-state index contributed by atoms with van der Waals surface area (Å²) in [7, 11) is 0. The highest BCUT2D eigenvalue weighted by Crippen LogP contribution is 2.13. The molecular weight excluding hydrogens is 496 g/mol. The van der Waals surface area contributed by atoms with Crippen molar-refractivity contribution in [1.29, 1.82) is 0 Å². The molecule has 0 aliphatic carbocycles. The minimum atomic E-state index is -1.38. The fourth-order valence-electron chi connectivity index (χ4n) is 3.61. The molecule has 11 N–H and O–H groups in total. The third-order valence-electron chi connectivity index (χ3n) is 6.13. The topological polar surface area (TPSA) is 240 Å². The van der Waals surface area contributed by atoms with E-state index in [4.69, 9.17) is 17.2 Å². The van der Waals surface area contributed by atoms with Gasteiger partial charge in [-0.3, -0.25) is 19.2 Å². The molecule has 0 radical (unpaired) electrons. The Balaban J connectivity index is 3.00. The maximum atomic E-state index is 13.1. The molecule has 0 aliphatic rings. The van der Waals surface area contributed by atoms with Crippen LogP contribution in [0.2, 0.25) is 0 Å². The van der Waals surface area contributed by atoms with E-state index in [1.54, 1.807) is 13.8 Å². The number of aromatic hydroxyl groups is 1. The second kappa shape index (κ2) is 16.2. The number of primary amides is 1. The van der Waals surface area contributed by atoms with Crippen LogP contribution < -0.4 is 33.2 Å². The van der Waals surface area contributed by atoms with E-state index in [2.05, 4.69) is 16.0 Å². The van der Waals surface area contributed by atoms with Crippen LogP contribution in [0.25, 0.3) is 0 Å². The van der Waals surface area contributed by atoms with Gasteiger partial charge in [0.25, 0.3) is 0 Å². The lowest BCUT2D eigenvalue weighted by Gasteiger charge is -2.28. The Morgan fingerprint density at radius 2 is 1.53 bits per heavy atom. The molecule has 0 saturated heterocycles. The molecule has 0 heterocycles. The monoisotopic (exact) mass is 536 g/mol. The smallest absolute Gasteiger partial charge is 0.326 e. The molecule has 0 aromatic heterocycles. The normalized spacial score (nSPS) is 14.8. The summed E-state index contributed by atoms with van der Waals surface area (Å²) in [5.74, 6) is -4.80. The molecule has 38 heavy (non-hydrogen) atoms. The first kappa shape index (κ1) is 32.3. The number of carbonyl (C=O) groups excluding carboxylic acids is 4. The summed E-state index contributed by atoms with van der Waals surface area (Å²) in [5.41, 5.74) is 17.1. The first-order valence-corrected chi connectivity index (χ1v) is 12.5. The Labute approximate surface area is 221 Å². The van der Waals surface area contributed by atoms with Gasteiger partial charge < -0.3 is 43.4 Å². The van der Waals surface area contributed by atoms with E-state index >= 15 is 0 Å². The number of phenolic OH excluding ortho intramolecular Hbond substituents is 1. The first-order valence-electron chi connectivity index (χ1n) is 12.5. The van der Waals surface area contributed by atoms with E-state index in [9.17, 15) is 34.2 Å². The number of nitrogens with two attached hydrogens (primary N) is 3. The van der Waals surface area contributed by atoms with Gasteiger partial charge in [0.2, 0.25) is 23.6 Å². The van der Waals surface area contributed by atoms with Crippen molar-refractivity contribution in [3.8, 4) is 5.75 Å². The van der Waals surface area contributed by atoms with Gasteiger partial charge >= 0.3 is 5.97 Å². The molecule has 0 aliphatic heterocycles. The number of nitrogens with one attached hydrogen (secondary N) is 3. The first-order chi connectivity index (χ1) is 17.9. The van der Waals surface area contributed by atoms with Gasteiger partial charge in [0.15, 0.2) is 0 Å². The van der Waals surface area contributed by atoms with Crippen molar-refractivity contribution in [2.75, 3.05) is 6.54 Å². The largest absolute Gasteiger partial charge is 0.508 e. The standard InChI is InChI=1S/C25H40N6O7/c1-3-14(2)21(24(36)30-19(25(37)38)12-15-7-9-16(32)10-8-15)31-23(35)18(13-20(28)33)29-22(34)17(27)6-4-5-11-26/h7-10,14,17-19,21,32H,3-6,11-13,26-27H2,1-2H3,(H2,28,33)(H,29,34)(H,30,36)(H,31,35)(H,37,38). The van der Waals surface area contributed by atoms with Crippen LogP contribution in [-0.4, -0.2) is 70.5 Å². The van der Waals surface area contributed by atoms with Crippen LogP contribution in [0, 0.1) is 5.92 Å². The van der Waals surface area contributed by atoms with Crippen molar-refractivity contribution in [3.63, 3.8) is 0 Å². The number of amides is 4. The highest BCUT2D eigenvalue weighted by molar-refractivity contribution is 5.96. The number of carbonyl (C=O) groups is 5.